The predicted octanol–water partition coefficient (Wildman–Crippen LogP) is 2.31. The van der Waals surface area contributed by atoms with Crippen molar-refractivity contribution in [2.45, 2.75) is 25.3 Å². The van der Waals surface area contributed by atoms with Crippen molar-refractivity contribution in [2.24, 2.45) is 5.92 Å². The summed E-state index contributed by atoms with van der Waals surface area (Å²) in [5.74, 6) is 1.70. The fourth-order valence-corrected chi connectivity index (χ4v) is 3.78. The number of piperidine rings is 1. The molecule has 1 fully saturated rings. The Kier molecular flexibility index (Phi) is 4.34. The second kappa shape index (κ2) is 6.78. The largest absolute Gasteiger partial charge is 0.497 e. The van der Waals surface area contributed by atoms with Crippen LogP contribution in [0.5, 0.6) is 11.5 Å². The zero-order valence-corrected chi connectivity index (χ0v) is 14.4. The molecule has 25 heavy (non-hydrogen) atoms. The van der Waals surface area contributed by atoms with Gasteiger partial charge in [-0.15, -0.1) is 0 Å². The van der Waals surface area contributed by atoms with Crippen LogP contribution in [-0.2, 0) is 11.2 Å². The highest BCUT2D eigenvalue weighted by Crippen LogP contribution is 2.32. The average molecular weight is 341 g/mol. The second-order valence-corrected chi connectivity index (χ2v) is 6.78. The van der Waals surface area contributed by atoms with E-state index in [0.717, 1.165) is 49.4 Å². The molecule has 1 saturated heterocycles. The van der Waals surface area contributed by atoms with E-state index in [0.29, 0.717) is 12.6 Å². The molecule has 4 rings (SSSR count). The average Bonchev–Trinajstić information content (AvgIpc) is 3.21. The minimum absolute atomic E-state index is 0.109. The van der Waals surface area contributed by atoms with Gasteiger partial charge in [-0.25, -0.2) is 4.98 Å². The zero-order valence-electron chi connectivity index (χ0n) is 14.4. The lowest BCUT2D eigenvalue weighted by atomic mass is 9.94. The fourth-order valence-electron chi connectivity index (χ4n) is 3.78. The Morgan fingerprint density at radius 3 is 3.12 bits per heavy atom. The van der Waals surface area contributed by atoms with Crippen LogP contribution in [-0.4, -0.2) is 47.2 Å². The maximum absolute atomic E-state index is 13.0. The number of ether oxygens (including phenoxy) is 2. The first-order valence-corrected chi connectivity index (χ1v) is 8.80. The van der Waals surface area contributed by atoms with Crippen LogP contribution in [0.3, 0.4) is 0 Å². The maximum atomic E-state index is 13.0. The number of hydrogen-bond acceptors (Lipinski definition) is 4. The topological polar surface area (TPSA) is 56.6 Å². The van der Waals surface area contributed by atoms with E-state index in [9.17, 15) is 4.79 Å². The molecule has 0 radical (unpaired) electrons. The number of methoxy groups -OCH3 is 1. The van der Waals surface area contributed by atoms with Crippen LogP contribution in [0.4, 0.5) is 0 Å². The van der Waals surface area contributed by atoms with Crippen LogP contribution < -0.4 is 9.47 Å². The van der Waals surface area contributed by atoms with E-state index in [2.05, 4.69) is 9.55 Å². The van der Waals surface area contributed by atoms with Gasteiger partial charge in [0, 0.05) is 31.5 Å². The van der Waals surface area contributed by atoms with Crippen LogP contribution in [0.2, 0.25) is 0 Å². The van der Waals surface area contributed by atoms with Gasteiger partial charge in [0.2, 0.25) is 5.91 Å². The molecule has 0 unspecified atom stereocenters. The van der Waals surface area contributed by atoms with E-state index >= 15 is 0 Å². The van der Waals surface area contributed by atoms with Crippen LogP contribution in [0.15, 0.2) is 36.9 Å². The van der Waals surface area contributed by atoms with E-state index in [1.165, 1.54) is 0 Å². The Morgan fingerprint density at radius 2 is 2.32 bits per heavy atom. The number of imidazole rings is 1. The Bertz CT molecular complexity index is 744. The molecule has 0 saturated carbocycles. The summed E-state index contributed by atoms with van der Waals surface area (Å²) >= 11 is 0. The van der Waals surface area contributed by atoms with Gasteiger partial charge in [-0.1, -0.05) is 6.07 Å². The third kappa shape index (κ3) is 3.21. The Labute approximate surface area is 147 Å². The molecule has 2 aliphatic rings. The van der Waals surface area contributed by atoms with Crippen molar-refractivity contribution in [3.05, 3.63) is 42.5 Å². The van der Waals surface area contributed by atoms with Crippen molar-refractivity contribution in [3.8, 4) is 11.5 Å². The van der Waals surface area contributed by atoms with E-state index in [1.54, 1.807) is 13.3 Å². The van der Waals surface area contributed by atoms with Crippen molar-refractivity contribution in [2.75, 3.05) is 26.8 Å². The van der Waals surface area contributed by atoms with Crippen molar-refractivity contribution < 1.29 is 14.3 Å². The van der Waals surface area contributed by atoms with Gasteiger partial charge in [-0.3, -0.25) is 4.79 Å². The summed E-state index contributed by atoms with van der Waals surface area (Å²) in [6, 6.07) is 6.14. The maximum Gasteiger partial charge on any atom is 0.229 e. The van der Waals surface area contributed by atoms with Crippen LogP contribution >= 0.6 is 0 Å². The molecule has 0 aliphatic carbocycles. The van der Waals surface area contributed by atoms with E-state index < -0.39 is 0 Å². The normalized spacial score (nSPS) is 22.8. The fraction of sp³-hybridized carbons (Fsp3) is 0.474. The number of aromatic nitrogens is 2. The molecule has 0 N–H and O–H groups in total. The number of carbonyl (C=O) groups is 1. The SMILES string of the molecule is COc1ccc2c(c1)OC[C@H](C(=O)N1CCC[C@H](n3ccnc3)C1)C2. The lowest BCUT2D eigenvalue weighted by Crippen LogP contribution is -2.46. The third-order valence-electron chi connectivity index (χ3n) is 5.18. The first-order valence-electron chi connectivity index (χ1n) is 8.80. The summed E-state index contributed by atoms with van der Waals surface area (Å²) in [5.41, 5.74) is 1.08. The molecule has 0 bridgehead atoms. The molecular weight excluding hydrogens is 318 g/mol. The minimum Gasteiger partial charge on any atom is -0.497 e. The first kappa shape index (κ1) is 16.0. The molecule has 1 aromatic carbocycles. The van der Waals surface area contributed by atoms with Crippen molar-refractivity contribution in [1.82, 2.24) is 14.5 Å². The van der Waals surface area contributed by atoms with E-state index in [1.807, 2.05) is 35.6 Å². The Balaban J connectivity index is 1.44. The number of rotatable bonds is 3. The molecule has 2 aliphatic heterocycles. The van der Waals surface area contributed by atoms with Gasteiger partial charge in [-0.2, -0.15) is 0 Å². The van der Waals surface area contributed by atoms with Crippen molar-refractivity contribution in [1.29, 1.82) is 0 Å². The number of benzene rings is 1. The van der Waals surface area contributed by atoms with Crippen LogP contribution in [0, 0.1) is 5.92 Å². The standard InChI is InChI=1S/C19H23N3O3/c1-24-17-5-4-14-9-15(12-25-18(14)10-17)19(23)21-7-2-3-16(11-21)22-8-6-20-13-22/h4-6,8,10,13,15-16H,2-3,7,9,11-12H2,1H3/t15-,16+/m1/s1. The summed E-state index contributed by atoms with van der Waals surface area (Å²) in [4.78, 5) is 19.1. The highest BCUT2D eigenvalue weighted by Gasteiger charge is 2.32. The third-order valence-corrected chi connectivity index (χ3v) is 5.18. The van der Waals surface area contributed by atoms with Crippen molar-refractivity contribution in [3.63, 3.8) is 0 Å². The molecule has 2 atom stereocenters. The molecule has 2 aromatic rings. The summed E-state index contributed by atoms with van der Waals surface area (Å²) in [5, 5.41) is 0. The molecule has 1 aromatic heterocycles. The smallest absolute Gasteiger partial charge is 0.229 e. The summed E-state index contributed by atoms with van der Waals surface area (Å²) in [6.07, 6.45) is 8.45. The minimum atomic E-state index is -0.109. The zero-order chi connectivity index (χ0) is 17.2. The predicted molar refractivity (Wildman–Crippen MR) is 92.8 cm³/mol. The number of carbonyl (C=O) groups excluding carboxylic acids is 1. The lowest BCUT2D eigenvalue weighted by Gasteiger charge is -2.36. The molecule has 132 valence electrons. The molecular formula is C19H23N3O3. The Morgan fingerprint density at radius 1 is 1.40 bits per heavy atom. The number of nitrogens with zero attached hydrogens (tertiary/aromatic N) is 3. The van der Waals surface area contributed by atoms with Crippen LogP contribution in [0.25, 0.3) is 0 Å². The van der Waals surface area contributed by atoms with Gasteiger partial charge in [-0.05, 0) is 30.9 Å². The highest BCUT2D eigenvalue weighted by atomic mass is 16.5. The van der Waals surface area contributed by atoms with Crippen molar-refractivity contribution >= 4 is 5.91 Å². The highest BCUT2D eigenvalue weighted by molar-refractivity contribution is 5.80. The summed E-state index contributed by atoms with van der Waals surface area (Å²) in [7, 11) is 1.64. The number of amides is 1. The van der Waals surface area contributed by atoms with Gasteiger partial charge in [0.1, 0.15) is 18.1 Å². The Hall–Kier alpha value is -2.50. The second-order valence-electron chi connectivity index (χ2n) is 6.78. The summed E-state index contributed by atoms with van der Waals surface area (Å²) in [6.45, 7) is 2.02. The molecule has 1 amide bonds. The molecule has 3 heterocycles. The van der Waals surface area contributed by atoms with Gasteiger partial charge >= 0.3 is 0 Å². The van der Waals surface area contributed by atoms with Gasteiger partial charge in [0.25, 0.3) is 0 Å². The molecule has 6 nitrogen and oxygen atoms in total. The molecule has 6 heteroatoms. The monoisotopic (exact) mass is 341 g/mol. The summed E-state index contributed by atoms with van der Waals surface area (Å²) < 4.78 is 13.2. The quantitative estimate of drug-likeness (QED) is 0.860. The van der Waals surface area contributed by atoms with Gasteiger partial charge in [0.05, 0.1) is 25.4 Å². The van der Waals surface area contributed by atoms with Gasteiger partial charge in [0.15, 0.2) is 0 Å². The van der Waals surface area contributed by atoms with Crippen LogP contribution in [0.1, 0.15) is 24.4 Å². The first-order chi connectivity index (χ1) is 12.2. The van der Waals surface area contributed by atoms with E-state index in [-0.39, 0.29) is 11.8 Å². The number of likely N-dealkylation sites (tertiary alicyclic amines) is 1. The number of fused-ring (bicyclic) bond motifs is 1. The molecule has 0 spiro atoms. The number of hydrogen-bond donors (Lipinski definition) is 0. The lowest BCUT2D eigenvalue weighted by molar-refractivity contribution is -0.138. The van der Waals surface area contributed by atoms with E-state index in [4.69, 9.17) is 9.47 Å². The van der Waals surface area contributed by atoms with Gasteiger partial charge < -0.3 is 18.9 Å².